The normalized spacial score (nSPS) is 25.4. The molecule has 0 aliphatic heterocycles. The van der Waals surface area contributed by atoms with Crippen molar-refractivity contribution in [1.29, 1.82) is 0 Å². The zero-order chi connectivity index (χ0) is 14.1. The average molecular weight is 273 g/mol. The van der Waals surface area contributed by atoms with E-state index in [4.69, 9.17) is 5.11 Å². The van der Waals surface area contributed by atoms with Crippen LogP contribution >= 0.6 is 0 Å². The predicted molar refractivity (Wildman–Crippen MR) is 74.6 cm³/mol. The van der Waals surface area contributed by atoms with Gasteiger partial charge in [0.05, 0.1) is 5.92 Å². The van der Waals surface area contributed by atoms with Gasteiger partial charge in [-0.15, -0.1) is 0 Å². The van der Waals surface area contributed by atoms with Gasteiger partial charge in [-0.2, -0.15) is 0 Å². The number of carboxylic acids is 1. The number of rotatable bonds is 4. The summed E-state index contributed by atoms with van der Waals surface area (Å²) in [7, 11) is 0. The van der Waals surface area contributed by atoms with Crippen LogP contribution in [-0.4, -0.2) is 23.0 Å². The Bertz CT molecular complexity index is 513. The Morgan fingerprint density at radius 1 is 1.10 bits per heavy atom. The second-order valence-corrected chi connectivity index (χ2v) is 5.93. The molecule has 2 fully saturated rings. The van der Waals surface area contributed by atoms with Gasteiger partial charge in [0, 0.05) is 11.6 Å². The van der Waals surface area contributed by atoms with Crippen LogP contribution in [0.3, 0.4) is 0 Å². The maximum Gasteiger partial charge on any atom is 0.306 e. The quantitative estimate of drug-likeness (QED) is 0.886. The highest BCUT2D eigenvalue weighted by Crippen LogP contribution is 2.36. The third-order valence-electron chi connectivity index (χ3n) is 4.57. The van der Waals surface area contributed by atoms with E-state index in [0.717, 1.165) is 0 Å². The molecular formula is C16H19NO3. The van der Waals surface area contributed by atoms with Crippen LogP contribution in [0.1, 0.15) is 53.9 Å². The van der Waals surface area contributed by atoms with Crippen LogP contribution in [0.15, 0.2) is 24.3 Å². The van der Waals surface area contributed by atoms with Crippen LogP contribution in [-0.2, 0) is 4.79 Å². The largest absolute Gasteiger partial charge is 0.481 e. The summed E-state index contributed by atoms with van der Waals surface area (Å²) in [6.45, 7) is 0. The third kappa shape index (κ3) is 2.55. The summed E-state index contributed by atoms with van der Waals surface area (Å²) in [5.41, 5.74) is 1.98. The van der Waals surface area contributed by atoms with Crippen molar-refractivity contribution in [3.05, 3.63) is 35.4 Å². The molecule has 4 heteroatoms. The van der Waals surface area contributed by atoms with E-state index in [-0.39, 0.29) is 17.9 Å². The number of benzene rings is 1. The number of nitrogens with one attached hydrogen (secondary N) is 1. The van der Waals surface area contributed by atoms with Crippen LogP contribution in [0.4, 0.5) is 0 Å². The van der Waals surface area contributed by atoms with Gasteiger partial charge in [-0.3, -0.25) is 9.59 Å². The highest BCUT2D eigenvalue weighted by molar-refractivity contribution is 5.94. The molecule has 0 spiro atoms. The van der Waals surface area contributed by atoms with Crippen LogP contribution in [0.2, 0.25) is 0 Å². The van der Waals surface area contributed by atoms with Crippen molar-refractivity contribution in [3.63, 3.8) is 0 Å². The van der Waals surface area contributed by atoms with Gasteiger partial charge < -0.3 is 10.4 Å². The lowest BCUT2D eigenvalue weighted by Crippen LogP contribution is -2.46. The minimum atomic E-state index is -0.764. The Balaban J connectivity index is 1.53. The van der Waals surface area contributed by atoms with Gasteiger partial charge in [0.25, 0.3) is 5.91 Å². The molecule has 0 radical (unpaired) electrons. The van der Waals surface area contributed by atoms with Gasteiger partial charge in [0.2, 0.25) is 0 Å². The first kappa shape index (κ1) is 13.2. The van der Waals surface area contributed by atoms with Crippen molar-refractivity contribution >= 4 is 11.9 Å². The molecule has 2 N–H and O–H groups in total. The summed E-state index contributed by atoms with van der Waals surface area (Å²) >= 11 is 0. The molecule has 0 heterocycles. The molecule has 0 aromatic heterocycles. The fourth-order valence-corrected chi connectivity index (χ4v) is 2.85. The SMILES string of the molecule is O=C(NC1CC(C(=O)O)C1)c1ccc(C2CCC2)cc1. The van der Waals surface area contributed by atoms with Crippen molar-refractivity contribution in [2.45, 2.75) is 44.1 Å². The highest BCUT2D eigenvalue weighted by Gasteiger charge is 2.35. The Morgan fingerprint density at radius 3 is 2.25 bits per heavy atom. The van der Waals surface area contributed by atoms with Crippen molar-refractivity contribution in [1.82, 2.24) is 5.32 Å². The van der Waals surface area contributed by atoms with Crippen molar-refractivity contribution in [2.75, 3.05) is 0 Å². The van der Waals surface area contributed by atoms with Gasteiger partial charge in [-0.25, -0.2) is 0 Å². The number of amides is 1. The van der Waals surface area contributed by atoms with Gasteiger partial charge in [-0.1, -0.05) is 18.6 Å². The van der Waals surface area contributed by atoms with Crippen molar-refractivity contribution < 1.29 is 14.7 Å². The van der Waals surface area contributed by atoms with E-state index < -0.39 is 5.97 Å². The third-order valence-corrected chi connectivity index (χ3v) is 4.57. The molecule has 2 aliphatic carbocycles. The van der Waals surface area contributed by atoms with E-state index in [1.54, 1.807) is 0 Å². The smallest absolute Gasteiger partial charge is 0.306 e. The number of aliphatic carboxylic acids is 1. The van der Waals surface area contributed by atoms with Gasteiger partial charge in [-0.05, 0) is 49.3 Å². The topological polar surface area (TPSA) is 66.4 Å². The van der Waals surface area contributed by atoms with E-state index in [9.17, 15) is 9.59 Å². The van der Waals surface area contributed by atoms with E-state index in [1.165, 1.54) is 24.8 Å². The van der Waals surface area contributed by atoms with Crippen molar-refractivity contribution in [3.8, 4) is 0 Å². The van der Waals surface area contributed by atoms with E-state index in [0.29, 0.717) is 24.3 Å². The lowest BCUT2D eigenvalue weighted by atomic mass is 9.79. The molecule has 0 atom stereocenters. The van der Waals surface area contributed by atoms with Crippen LogP contribution in [0.5, 0.6) is 0 Å². The fraction of sp³-hybridized carbons (Fsp3) is 0.500. The average Bonchev–Trinajstić information content (AvgIpc) is 2.31. The second-order valence-electron chi connectivity index (χ2n) is 5.93. The van der Waals surface area contributed by atoms with Crippen LogP contribution in [0, 0.1) is 5.92 Å². The molecule has 0 saturated heterocycles. The molecule has 1 aromatic rings. The minimum Gasteiger partial charge on any atom is -0.481 e. The second kappa shape index (κ2) is 5.27. The molecular weight excluding hydrogens is 254 g/mol. The number of hydrogen-bond acceptors (Lipinski definition) is 2. The zero-order valence-electron chi connectivity index (χ0n) is 11.3. The first-order valence-corrected chi connectivity index (χ1v) is 7.27. The monoisotopic (exact) mass is 273 g/mol. The minimum absolute atomic E-state index is 0.00917. The fourth-order valence-electron chi connectivity index (χ4n) is 2.85. The summed E-state index contributed by atoms with van der Waals surface area (Å²) in [6.07, 6.45) is 4.90. The maximum atomic E-state index is 12.0. The molecule has 4 nitrogen and oxygen atoms in total. The first-order valence-electron chi connectivity index (χ1n) is 7.27. The Labute approximate surface area is 118 Å². The van der Waals surface area contributed by atoms with Gasteiger partial charge in [0.1, 0.15) is 0 Å². The Hall–Kier alpha value is -1.84. The molecule has 106 valence electrons. The zero-order valence-corrected chi connectivity index (χ0v) is 11.3. The maximum absolute atomic E-state index is 12.0. The van der Waals surface area contributed by atoms with E-state index >= 15 is 0 Å². The molecule has 1 amide bonds. The van der Waals surface area contributed by atoms with Crippen LogP contribution in [0.25, 0.3) is 0 Å². The summed E-state index contributed by atoms with van der Waals surface area (Å²) in [5.74, 6) is -0.476. The van der Waals surface area contributed by atoms with Crippen molar-refractivity contribution in [2.24, 2.45) is 5.92 Å². The summed E-state index contributed by atoms with van der Waals surface area (Å²) in [4.78, 5) is 22.7. The Kier molecular flexibility index (Phi) is 3.47. The Morgan fingerprint density at radius 2 is 1.75 bits per heavy atom. The van der Waals surface area contributed by atoms with E-state index in [2.05, 4.69) is 5.32 Å². The molecule has 1 aromatic carbocycles. The summed E-state index contributed by atoms with van der Waals surface area (Å²) in [6, 6.07) is 7.83. The number of hydrogen-bond donors (Lipinski definition) is 2. The highest BCUT2D eigenvalue weighted by atomic mass is 16.4. The van der Waals surface area contributed by atoms with Crippen LogP contribution < -0.4 is 5.32 Å². The predicted octanol–water partition coefficient (Wildman–Crippen LogP) is 2.55. The molecule has 0 bridgehead atoms. The summed E-state index contributed by atoms with van der Waals surface area (Å²) in [5, 5.41) is 11.7. The number of carboxylic acid groups (broad SMARTS) is 1. The molecule has 20 heavy (non-hydrogen) atoms. The first-order chi connectivity index (χ1) is 9.63. The summed E-state index contributed by atoms with van der Waals surface area (Å²) < 4.78 is 0. The number of carbonyl (C=O) groups excluding carboxylic acids is 1. The lowest BCUT2D eigenvalue weighted by molar-refractivity contribution is -0.145. The molecule has 3 rings (SSSR count). The molecule has 2 aliphatic rings. The van der Waals surface area contributed by atoms with Gasteiger partial charge in [0.15, 0.2) is 0 Å². The molecule has 0 unspecified atom stereocenters. The van der Waals surface area contributed by atoms with Gasteiger partial charge >= 0.3 is 5.97 Å². The standard InChI is InChI=1S/C16H19NO3/c18-15(17-14-8-13(9-14)16(19)20)12-6-4-11(5-7-12)10-2-1-3-10/h4-7,10,13-14H,1-3,8-9H2,(H,17,18)(H,19,20). The molecule has 2 saturated carbocycles. The lowest BCUT2D eigenvalue weighted by Gasteiger charge is -2.32. The number of carbonyl (C=O) groups is 2. The van der Waals surface area contributed by atoms with E-state index in [1.807, 2.05) is 24.3 Å².